The first-order chi connectivity index (χ1) is 14.2. The fourth-order valence-electron chi connectivity index (χ4n) is 4.43. The first-order valence-corrected chi connectivity index (χ1v) is 14.0. The van der Waals surface area contributed by atoms with E-state index in [2.05, 4.69) is 5.32 Å². The number of benzene rings is 2. The predicted molar refractivity (Wildman–Crippen MR) is 120 cm³/mol. The van der Waals surface area contributed by atoms with E-state index in [-0.39, 0.29) is 16.4 Å². The van der Waals surface area contributed by atoms with Crippen molar-refractivity contribution in [3.8, 4) is 0 Å². The topological polar surface area (TPSA) is 80.3 Å². The second-order valence-corrected chi connectivity index (χ2v) is 13.0. The molecule has 1 heterocycles. The SMILES string of the molecule is O=S1(=O)C[C@H](NCCc2ccc(Cl)cc2)[C@@H](S(=O)(=O)c2ccc3c(c2)CCCC3)C1. The summed E-state index contributed by atoms with van der Waals surface area (Å²) in [7, 11) is -7.17. The largest absolute Gasteiger partial charge is 0.311 e. The molecular formula is C22H26ClNO4S2. The second-order valence-electron chi connectivity index (χ2n) is 8.24. The van der Waals surface area contributed by atoms with E-state index >= 15 is 0 Å². The molecule has 0 radical (unpaired) electrons. The molecule has 0 saturated carbocycles. The summed E-state index contributed by atoms with van der Waals surface area (Å²) in [6.45, 7) is 0.498. The van der Waals surface area contributed by atoms with Crippen LogP contribution >= 0.6 is 11.6 Å². The van der Waals surface area contributed by atoms with E-state index in [9.17, 15) is 16.8 Å². The third kappa shape index (κ3) is 4.74. The number of halogens is 1. The highest BCUT2D eigenvalue weighted by Gasteiger charge is 2.45. The molecule has 0 aromatic heterocycles. The van der Waals surface area contributed by atoms with E-state index in [1.54, 1.807) is 24.3 Å². The van der Waals surface area contributed by atoms with Gasteiger partial charge in [0.2, 0.25) is 0 Å². The molecule has 1 fully saturated rings. The van der Waals surface area contributed by atoms with E-state index in [0.29, 0.717) is 18.0 Å². The van der Waals surface area contributed by atoms with Crippen LogP contribution in [0.3, 0.4) is 0 Å². The quantitative estimate of drug-likeness (QED) is 0.706. The maximum Gasteiger partial charge on any atom is 0.183 e. The van der Waals surface area contributed by atoms with Gasteiger partial charge in [-0.1, -0.05) is 29.8 Å². The number of aryl methyl sites for hydroxylation is 2. The Bertz CT molecular complexity index is 1130. The zero-order chi connectivity index (χ0) is 21.4. The Morgan fingerprint density at radius 3 is 2.40 bits per heavy atom. The fourth-order valence-corrected chi connectivity index (χ4v) is 9.32. The van der Waals surface area contributed by atoms with Gasteiger partial charge in [-0.2, -0.15) is 0 Å². The monoisotopic (exact) mass is 467 g/mol. The summed E-state index contributed by atoms with van der Waals surface area (Å²) < 4.78 is 51.4. The van der Waals surface area contributed by atoms with Crippen molar-refractivity contribution in [3.63, 3.8) is 0 Å². The summed E-state index contributed by atoms with van der Waals surface area (Å²) in [5.74, 6) is -0.479. The summed E-state index contributed by atoms with van der Waals surface area (Å²) in [6, 6.07) is 12.1. The predicted octanol–water partition coefficient (Wildman–Crippen LogP) is 2.99. The molecule has 8 heteroatoms. The molecule has 162 valence electrons. The first-order valence-electron chi connectivity index (χ1n) is 10.3. The molecule has 2 aromatic rings. The fraction of sp³-hybridized carbons (Fsp3) is 0.455. The van der Waals surface area contributed by atoms with Gasteiger partial charge in [-0.25, -0.2) is 16.8 Å². The zero-order valence-electron chi connectivity index (χ0n) is 16.7. The maximum absolute atomic E-state index is 13.4. The van der Waals surface area contributed by atoms with Crippen LogP contribution in [-0.4, -0.2) is 46.2 Å². The van der Waals surface area contributed by atoms with Crippen LogP contribution in [0.2, 0.25) is 5.02 Å². The molecule has 0 bridgehead atoms. The minimum absolute atomic E-state index is 0.150. The lowest BCUT2D eigenvalue weighted by Gasteiger charge is -2.22. The third-order valence-electron chi connectivity index (χ3n) is 6.08. The van der Waals surface area contributed by atoms with Crippen molar-refractivity contribution in [1.29, 1.82) is 0 Å². The molecule has 2 atom stereocenters. The van der Waals surface area contributed by atoms with Gasteiger partial charge in [0.1, 0.15) is 0 Å². The summed E-state index contributed by atoms with van der Waals surface area (Å²) >= 11 is 5.90. The van der Waals surface area contributed by atoms with Crippen LogP contribution in [0.15, 0.2) is 47.4 Å². The highest BCUT2D eigenvalue weighted by atomic mass is 35.5. The molecule has 1 aliphatic heterocycles. The maximum atomic E-state index is 13.4. The Labute approximate surface area is 183 Å². The molecule has 1 N–H and O–H groups in total. The molecule has 0 spiro atoms. The zero-order valence-corrected chi connectivity index (χ0v) is 19.1. The lowest BCUT2D eigenvalue weighted by molar-refractivity contribution is 0.528. The van der Waals surface area contributed by atoms with Gasteiger partial charge in [-0.15, -0.1) is 0 Å². The van der Waals surface area contributed by atoms with E-state index in [1.165, 1.54) is 5.56 Å². The number of rotatable bonds is 6. The van der Waals surface area contributed by atoms with Gasteiger partial charge in [-0.05, 0) is 79.6 Å². The molecule has 30 heavy (non-hydrogen) atoms. The van der Waals surface area contributed by atoms with Crippen molar-refractivity contribution in [2.45, 2.75) is 48.3 Å². The molecular weight excluding hydrogens is 442 g/mol. The van der Waals surface area contributed by atoms with E-state index in [4.69, 9.17) is 11.6 Å². The first kappa shape index (κ1) is 21.8. The van der Waals surface area contributed by atoms with Gasteiger partial charge < -0.3 is 5.32 Å². The summed E-state index contributed by atoms with van der Waals surface area (Å²) in [6.07, 6.45) is 4.70. The van der Waals surface area contributed by atoms with Gasteiger partial charge in [0.25, 0.3) is 0 Å². The van der Waals surface area contributed by atoms with E-state index in [0.717, 1.165) is 36.8 Å². The van der Waals surface area contributed by atoms with Crippen LogP contribution in [0.1, 0.15) is 29.5 Å². The summed E-state index contributed by atoms with van der Waals surface area (Å²) in [5, 5.41) is 2.89. The lowest BCUT2D eigenvalue weighted by Crippen LogP contribution is -2.44. The van der Waals surface area contributed by atoms with Crippen LogP contribution in [0.5, 0.6) is 0 Å². The molecule has 1 aliphatic carbocycles. The smallest absolute Gasteiger partial charge is 0.183 e. The minimum atomic E-state index is -3.75. The van der Waals surface area contributed by atoms with Crippen molar-refractivity contribution in [3.05, 3.63) is 64.2 Å². The number of hydrogen-bond donors (Lipinski definition) is 1. The number of sulfone groups is 2. The highest BCUT2D eigenvalue weighted by molar-refractivity contribution is 7.96. The van der Waals surface area contributed by atoms with Gasteiger partial charge in [0.15, 0.2) is 19.7 Å². The molecule has 2 aromatic carbocycles. The van der Waals surface area contributed by atoms with Gasteiger partial charge in [0, 0.05) is 11.1 Å². The molecule has 1 saturated heterocycles. The minimum Gasteiger partial charge on any atom is -0.311 e. The summed E-state index contributed by atoms with van der Waals surface area (Å²) in [5.41, 5.74) is 3.34. The van der Waals surface area contributed by atoms with Crippen molar-refractivity contribution in [1.82, 2.24) is 5.32 Å². The van der Waals surface area contributed by atoms with Crippen LogP contribution < -0.4 is 5.32 Å². The number of nitrogens with one attached hydrogen (secondary N) is 1. The van der Waals surface area contributed by atoms with Crippen molar-refractivity contribution >= 4 is 31.3 Å². The molecule has 0 amide bonds. The third-order valence-corrected chi connectivity index (χ3v) is 10.5. The molecule has 5 nitrogen and oxygen atoms in total. The van der Waals surface area contributed by atoms with Crippen LogP contribution in [-0.2, 0) is 38.9 Å². The van der Waals surface area contributed by atoms with Crippen molar-refractivity contribution in [2.75, 3.05) is 18.1 Å². The average molecular weight is 468 g/mol. The van der Waals surface area contributed by atoms with E-state index < -0.39 is 31.0 Å². The Kier molecular flexibility index (Phi) is 6.26. The van der Waals surface area contributed by atoms with Gasteiger partial charge >= 0.3 is 0 Å². The number of fused-ring (bicyclic) bond motifs is 1. The summed E-state index contributed by atoms with van der Waals surface area (Å²) in [4.78, 5) is 0.245. The van der Waals surface area contributed by atoms with Gasteiger partial charge in [0.05, 0.1) is 21.7 Å². The standard InChI is InChI=1S/C22H26ClNO4S2/c23-19-8-5-16(6-9-19)11-12-24-21-14-29(25,26)15-22(21)30(27,28)20-10-7-17-3-1-2-4-18(17)13-20/h5-10,13,21-22,24H,1-4,11-12,14-15H2/t21-,22-/m0/s1. The Balaban J connectivity index is 1.52. The van der Waals surface area contributed by atoms with Crippen LogP contribution in [0, 0.1) is 0 Å². The van der Waals surface area contributed by atoms with Crippen molar-refractivity contribution < 1.29 is 16.8 Å². The average Bonchev–Trinajstić information content (AvgIpc) is 3.04. The Hall–Kier alpha value is -1.41. The molecule has 0 unspecified atom stereocenters. The lowest BCUT2D eigenvalue weighted by atomic mass is 9.92. The van der Waals surface area contributed by atoms with Crippen molar-refractivity contribution in [2.24, 2.45) is 0 Å². The Morgan fingerprint density at radius 1 is 0.967 bits per heavy atom. The van der Waals surface area contributed by atoms with Crippen LogP contribution in [0.4, 0.5) is 0 Å². The molecule has 2 aliphatic rings. The Morgan fingerprint density at radius 2 is 1.67 bits per heavy atom. The van der Waals surface area contributed by atoms with E-state index in [1.807, 2.05) is 18.2 Å². The molecule has 4 rings (SSSR count). The number of hydrogen-bond acceptors (Lipinski definition) is 5. The van der Waals surface area contributed by atoms with Crippen LogP contribution in [0.25, 0.3) is 0 Å². The normalized spacial score (nSPS) is 23.2. The van der Waals surface area contributed by atoms with Gasteiger partial charge in [-0.3, -0.25) is 0 Å². The second kappa shape index (κ2) is 8.61. The highest BCUT2D eigenvalue weighted by Crippen LogP contribution is 2.29.